The summed E-state index contributed by atoms with van der Waals surface area (Å²) >= 11 is 0. The number of carbonyl (C=O) groups excluding carboxylic acids is 2. The fraction of sp³-hybridized carbons (Fsp3) is 0.500. The van der Waals surface area contributed by atoms with E-state index >= 15 is 0 Å². The van der Waals surface area contributed by atoms with Crippen LogP contribution in [-0.2, 0) is 0 Å². The Kier molecular flexibility index (Phi) is 4.83. The van der Waals surface area contributed by atoms with E-state index < -0.39 is 5.91 Å². The van der Waals surface area contributed by atoms with E-state index in [1.165, 1.54) is 0 Å². The molecule has 2 N–H and O–H groups in total. The van der Waals surface area contributed by atoms with Gasteiger partial charge in [-0.2, -0.15) is 0 Å². The van der Waals surface area contributed by atoms with Gasteiger partial charge in [-0.05, 0) is 51.3 Å². The molecule has 0 saturated carbocycles. The van der Waals surface area contributed by atoms with Crippen LogP contribution in [-0.4, -0.2) is 35.9 Å². The van der Waals surface area contributed by atoms with Gasteiger partial charge in [0.25, 0.3) is 5.91 Å². The van der Waals surface area contributed by atoms with E-state index in [4.69, 9.17) is 10.5 Å². The van der Waals surface area contributed by atoms with Crippen molar-refractivity contribution in [1.82, 2.24) is 4.90 Å². The Hall–Kier alpha value is -2.04. The van der Waals surface area contributed by atoms with Crippen LogP contribution < -0.4 is 10.5 Å². The second kappa shape index (κ2) is 6.61. The second-order valence-corrected chi connectivity index (χ2v) is 5.59. The number of nitrogens with two attached hydrogens (primary N) is 1. The number of ether oxygens (including phenoxy) is 1. The zero-order valence-corrected chi connectivity index (χ0v) is 12.6. The molecule has 5 heteroatoms. The number of nitrogens with zero attached hydrogens (tertiary/aromatic N) is 1. The minimum absolute atomic E-state index is 0.00521. The molecule has 1 aromatic rings. The quantitative estimate of drug-likeness (QED) is 0.924. The first-order valence-electron chi connectivity index (χ1n) is 7.39. The zero-order valence-electron chi connectivity index (χ0n) is 12.6. The van der Waals surface area contributed by atoms with Crippen LogP contribution in [0.2, 0.25) is 0 Å². The lowest BCUT2D eigenvalue weighted by molar-refractivity contribution is 0.0719. The summed E-state index contributed by atoms with van der Waals surface area (Å²) in [5, 5.41) is 0. The maximum Gasteiger partial charge on any atom is 0.254 e. The minimum Gasteiger partial charge on any atom is -0.491 e. The van der Waals surface area contributed by atoms with E-state index in [1.54, 1.807) is 23.1 Å². The number of benzene rings is 1. The van der Waals surface area contributed by atoms with Crippen LogP contribution in [0.3, 0.4) is 0 Å². The molecule has 2 amide bonds. The molecule has 0 bridgehead atoms. The summed E-state index contributed by atoms with van der Waals surface area (Å²) in [6.45, 7) is 5.27. The Labute approximate surface area is 125 Å². The van der Waals surface area contributed by atoms with Gasteiger partial charge in [0.05, 0.1) is 17.2 Å². The van der Waals surface area contributed by atoms with Gasteiger partial charge in [0, 0.05) is 13.1 Å². The van der Waals surface area contributed by atoms with Crippen molar-refractivity contribution >= 4 is 11.8 Å². The molecule has 1 aliphatic rings. The van der Waals surface area contributed by atoms with E-state index in [0.29, 0.717) is 11.3 Å². The van der Waals surface area contributed by atoms with E-state index in [0.717, 1.165) is 32.4 Å². The van der Waals surface area contributed by atoms with Crippen LogP contribution in [0, 0.1) is 0 Å². The third kappa shape index (κ3) is 3.74. The summed E-state index contributed by atoms with van der Waals surface area (Å²) in [5.41, 5.74) is 6.00. The maximum atomic E-state index is 12.5. The second-order valence-electron chi connectivity index (χ2n) is 5.59. The van der Waals surface area contributed by atoms with Crippen LogP contribution in [0.5, 0.6) is 5.75 Å². The average Bonchev–Trinajstić information content (AvgIpc) is 2.46. The van der Waals surface area contributed by atoms with Gasteiger partial charge in [0.2, 0.25) is 5.91 Å². The SMILES string of the molecule is CC(C)Oc1ccc(C(=O)N2CCCCC2)c(C(N)=O)c1. The van der Waals surface area contributed by atoms with E-state index in [1.807, 2.05) is 13.8 Å². The third-order valence-electron chi connectivity index (χ3n) is 3.50. The van der Waals surface area contributed by atoms with Gasteiger partial charge in [-0.15, -0.1) is 0 Å². The molecule has 21 heavy (non-hydrogen) atoms. The normalized spacial score (nSPS) is 15.1. The first kappa shape index (κ1) is 15.4. The summed E-state index contributed by atoms with van der Waals surface area (Å²) in [6.07, 6.45) is 3.15. The lowest BCUT2D eigenvalue weighted by Gasteiger charge is -2.27. The van der Waals surface area contributed by atoms with Gasteiger partial charge in [0.15, 0.2) is 0 Å². The highest BCUT2D eigenvalue weighted by Crippen LogP contribution is 2.22. The Bertz CT molecular complexity index is 534. The number of piperidine rings is 1. The smallest absolute Gasteiger partial charge is 0.254 e. The van der Waals surface area contributed by atoms with E-state index in [-0.39, 0.29) is 17.6 Å². The third-order valence-corrected chi connectivity index (χ3v) is 3.50. The Morgan fingerprint density at radius 1 is 1.14 bits per heavy atom. The number of amides is 2. The molecule has 1 aliphatic heterocycles. The Morgan fingerprint density at radius 2 is 1.81 bits per heavy atom. The van der Waals surface area contributed by atoms with Crippen molar-refractivity contribution in [2.45, 2.75) is 39.2 Å². The van der Waals surface area contributed by atoms with Crippen LogP contribution in [0.25, 0.3) is 0 Å². The molecule has 0 aliphatic carbocycles. The summed E-state index contributed by atoms with van der Waals surface area (Å²) in [6, 6.07) is 4.90. The lowest BCUT2D eigenvalue weighted by Crippen LogP contribution is -2.36. The fourth-order valence-corrected chi connectivity index (χ4v) is 2.53. The highest BCUT2D eigenvalue weighted by atomic mass is 16.5. The number of rotatable bonds is 4. The van der Waals surface area contributed by atoms with Crippen LogP contribution >= 0.6 is 0 Å². The predicted octanol–water partition coefficient (Wildman–Crippen LogP) is 2.20. The topological polar surface area (TPSA) is 72.6 Å². The standard InChI is InChI=1S/C16H22N2O3/c1-11(2)21-12-6-7-13(14(10-12)15(17)19)16(20)18-8-4-3-5-9-18/h6-7,10-11H,3-5,8-9H2,1-2H3,(H2,17,19). The molecule has 1 heterocycles. The lowest BCUT2D eigenvalue weighted by atomic mass is 10.0. The summed E-state index contributed by atoms with van der Waals surface area (Å²) in [5.74, 6) is -0.182. The van der Waals surface area contributed by atoms with Gasteiger partial charge in [-0.25, -0.2) is 0 Å². The molecule has 1 fully saturated rings. The van der Waals surface area contributed by atoms with Crippen LogP contribution in [0.15, 0.2) is 18.2 Å². The largest absolute Gasteiger partial charge is 0.491 e. The Morgan fingerprint density at radius 3 is 2.38 bits per heavy atom. The Balaban J connectivity index is 2.29. The predicted molar refractivity (Wildman–Crippen MR) is 80.5 cm³/mol. The van der Waals surface area contributed by atoms with Crippen molar-refractivity contribution in [3.8, 4) is 5.75 Å². The van der Waals surface area contributed by atoms with Crippen molar-refractivity contribution in [2.75, 3.05) is 13.1 Å². The molecule has 0 unspecified atom stereocenters. The number of likely N-dealkylation sites (tertiary alicyclic amines) is 1. The first-order chi connectivity index (χ1) is 9.99. The molecular weight excluding hydrogens is 268 g/mol. The number of primary amides is 1. The van der Waals surface area contributed by atoms with Crippen molar-refractivity contribution in [3.63, 3.8) is 0 Å². The summed E-state index contributed by atoms with van der Waals surface area (Å²) < 4.78 is 5.55. The molecular formula is C16H22N2O3. The molecule has 1 saturated heterocycles. The van der Waals surface area contributed by atoms with Crippen molar-refractivity contribution < 1.29 is 14.3 Å². The highest BCUT2D eigenvalue weighted by molar-refractivity contribution is 6.07. The van der Waals surface area contributed by atoms with Crippen LogP contribution in [0.4, 0.5) is 0 Å². The van der Waals surface area contributed by atoms with Gasteiger partial charge < -0.3 is 15.4 Å². The van der Waals surface area contributed by atoms with Crippen molar-refractivity contribution in [2.24, 2.45) is 5.73 Å². The summed E-state index contributed by atoms with van der Waals surface area (Å²) in [7, 11) is 0. The average molecular weight is 290 g/mol. The number of carbonyl (C=O) groups is 2. The molecule has 5 nitrogen and oxygen atoms in total. The molecule has 2 rings (SSSR count). The molecule has 1 aromatic carbocycles. The maximum absolute atomic E-state index is 12.5. The molecule has 0 atom stereocenters. The number of hydrogen-bond donors (Lipinski definition) is 1. The molecule has 0 aromatic heterocycles. The fourth-order valence-electron chi connectivity index (χ4n) is 2.53. The van der Waals surface area contributed by atoms with E-state index in [2.05, 4.69) is 0 Å². The molecule has 0 radical (unpaired) electrons. The van der Waals surface area contributed by atoms with Gasteiger partial charge in [0.1, 0.15) is 5.75 Å². The first-order valence-corrected chi connectivity index (χ1v) is 7.39. The van der Waals surface area contributed by atoms with Gasteiger partial charge in [-0.1, -0.05) is 0 Å². The monoisotopic (exact) mass is 290 g/mol. The van der Waals surface area contributed by atoms with Crippen molar-refractivity contribution in [3.05, 3.63) is 29.3 Å². The molecule has 0 spiro atoms. The molecule has 114 valence electrons. The minimum atomic E-state index is -0.607. The van der Waals surface area contributed by atoms with E-state index in [9.17, 15) is 9.59 Å². The van der Waals surface area contributed by atoms with Crippen molar-refractivity contribution in [1.29, 1.82) is 0 Å². The van der Waals surface area contributed by atoms with Gasteiger partial charge >= 0.3 is 0 Å². The summed E-state index contributed by atoms with van der Waals surface area (Å²) in [4.78, 5) is 26.0. The zero-order chi connectivity index (χ0) is 15.4. The van der Waals surface area contributed by atoms with Gasteiger partial charge in [-0.3, -0.25) is 9.59 Å². The number of hydrogen-bond acceptors (Lipinski definition) is 3. The highest BCUT2D eigenvalue weighted by Gasteiger charge is 2.23. The van der Waals surface area contributed by atoms with Crippen LogP contribution in [0.1, 0.15) is 53.8 Å².